The first-order valence-corrected chi connectivity index (χ1v) is 8.88. The van der Waals surface area contributed by atoms with Crippen LogP contribution in [0.5, 0.6) is 5.75 Å². The number of halogens is 1. The van der Waals surface area contributed by atoms with Crippen LogP contribution >= 0.6 is 11.6 Å². The lowest BCUT2D eigenvalue weighted by Crippen LogP contribution is -2.22. The first kappa shape index (κ1) is 17.4. The summed E-state index contributed by atoms with van der Waals surface area (Å²) in [5, 5.41) is 6.83. The Morgan fingerprint density at radius 2 is 2.04 bits per heavy atom. The first-order chi connectivity index (χ1) is 13.2. The molecule has 1 aromatic heterocycles. The Hall–Kier alpha value is -3.06. The van der Waals surface area contributed by atoms with Gasteiger partial charge in [0.1, 0.15) is 23.7 Å². The fourth-order valence-corrected chi connectivity index (χ4v) is 3.01. The van der Waals surface area contributed by atoms with E-state index in [4.69, 9.17) is 21.1 Å². The van der Waals surface area contributed by atoms with E-state index in [1.54, 1.807) is 6.07 Å². The topological polar surface area (TPSA) is 85.4 Å². The molecule has 0 spiro atoms. The maximum Gasteiger partial charge on any atom is 0.407 e. The van der Waals surface area contributed by atoms with Gasteiger partial charge >= 0.3 is 6.09 Å². The van der Waals surface area contributed by atoms with Crippen molar-refractivity contribution >= 4 is 34.4 Å². The number of hydrogen-bond donors (Lipinski definition) is 2. The number of anilines is 1. The maximum atomic E-state index is 11.1. The van der Waals surface area contributed by atoms with E-state index in [-0.39, 0.29) is 18.0 Å². The van der Waals surface area contributed by atoms with Gasteiger partial charge in [0.05, 0.1) is 6.54 Å². The van der Waals surface area contributed by atoms with Crippen molar-refractivity contribution in [3.05, 3.63) is 59.4 Å². The molecule has 138 valence electrons. The molecule has 0 bridgehead atoms. The first-order valence-electron chi connectivity index (χ1n) is 8.50. The number of rotatable bonds is 6. The number of benzene rings is 2. The van der Waals surface area contributed by atoms with Crippen molar-refractivity contribution < 1.29 is 14.3 Å². The fraction of sp³-hybridized carbons (Fsp3) is 0.211. The minimum atomic E-state index is -0.431. The summed E-state index contributed by atoms with van der Waals surface area (Å²) in [5.74, 6) is 1.19. The van der Waals surface area contributed by atoms with Gasteiger partial charge in [-0.3, -0.25) is 0 Å². The van der Waals surface area contributed by atoms with Gasteiger partial charge in [-0.2, -0.15) is 0 Å². The number of alkyl carbamates (subject to hydrolysis) is 1. The maximum absolute atomic E-state index is 11.1. The SMILES string of the molecule is O=C1NCC(COc2cccc3c(NCc4ccccc4)nc(Cl)nc23)O1. The van der Waals surface area contributed by atoms with Crippen LogP contribution in [0.1, 0.15) is 5.56 Å². The van der Waals surface area contributed by atoms with Crippen LogP contribution < -0.4 is 15.4 Å². The number of hydrogen-bond acceptors (Lipinski definition) is 6. The average molecular weight is 385 g/mol. The van der Waals surface area contributed by atoms with E-state index >= 15 is 0 Å². The number of amides is 1. The summed E-state index contributed by atoms with van der Waals surface area (Å²) < 4.78 is 10.9. The summed E-state index contributed by atoms with van der Waals surface area (Å²) in [4.78, 5) is 19.8. The number of nitrogens with one attached hydrogen (secondary N) is 2. The highest BCUT2D eigenvalue weighted by atomic mass is 35.5. The molecular weight excluding hydrogens is 368 g/mol. The van der Waals surface area contributed by atoms with Crippen molar-refractivity contribution in [2.45, 2.75) is 12.6 Å². The Balaban J connectivity index is 1.56. The van der Waals surface area contributed by atoms with Crippen LogP contribution in [-0.4, -0.2) is 35.3 Å². The lowest BCUT2D eigenvalue weighted by atomic mass is 10.2. The Bertz CT molecular complexity index is 968. The van der Waals surface area contributed by atoms with Crippen molar-refractivity contribution in [3.8, 4) is 5.75 Å². The third kappa shape index (κ3) is 4.03. The molecule has 1 unspecified atom stereocenters. The number of nitrogens with zero attached hydrogens (tertiary/aromatic N) is 2. The van der Waals surface area contributed by atoms with Crippen molar-refractivity contribution in [3.63, 3.8) is 0 Å². The highest BCUT2D eigenvalue weighted by Crippen LogP contribution is 2.30. The van der Waals surface area contributed by atoms with Crippen LogP contribution in [0.3, 0.4) is 0 Å². The van der Waals surface area contributed by atoms with E-state index in [1.807, 2.05) is 42.5 Å². The summed E-state index contributed by atoms with van der Waals surface area (Å²) in [6, 6.07) is 15.6. The minimum Gasteiger partial charge on any atom is -0.487 e. The molecule has 1 fully saturated rings. The highest BCUT2D eigenvalue weighted by molar-refractivity contribution is 6.29. The van der Waals surface area contributed by atoms with Crippen molar-refractivity contribution in [2.24, 2.45) is 0 Å². The van der Waals surface area contributed by atoms with Gasteiger partial charge in [-0.1, -0.05) is 36.4 Å². The molecule has 1 saturated heterocycles. The van der Waals surface area contributed by atoms with E-state index in [9.17, 15) is 4.79 Å². The Labute approximate surface area is 160 Å². The van der Waals surface area contributed by atoms with Crippen LogP contribution in [-0.2, 0) is 11.3 Å². The summed E-state index contributed by atoms with van der Waals surface area (Å²) >= 11 is 6.13. The van der Waals surface area contributed by atoms with E-state index < -0.39 is 6.09 Å². The van der Waals surface area contributed by atoms with Gasteiger partial charge in [-0.05, 0) is 29.3 Å². The van der Waals surface area contributed by atoms with Gasteiger partial charge in [-0.15, -0.1) is 0 Å². The van der Waals surface area contributed by atoms with Crippen LogP contribution in [0.4, 0.5) is 10.6 Å². The number of aromatic nitrogens is 2. The standard InChI is InChI=1S/C19H17ClN4O3/c20-18-23-16-14(17(24-18)21-9-12-5-2-1-3-6-12)7-4-8-15(16)26-11-13-10-22-19(25)27-13/h1-8,13H,9-11H2,(H,22,25)(H,21,23,24). The minimum absolute atomic E-state index is 0.128. The molecule has 8 heteroatoms. The Morgan fingerprint density at radius 3 is 2.81 bits per heavy atom. The quantitative estimate of drug-likeness (QED) is 0.634. The lowest BCUT2D eigenvalue weighted by molar-refractivity contribution is 0.105. The van der Waals surface area contributed by atoms with Gasteiger partial charge in [-0.25, -0.2) is 14.8 Å². The molecule has 27 heavy (non-hydrogen) atoms. The predicted octanol–water partition coefficient (Wildman–Crippen LogP) is 3.38. The van der Waals surface area contributed by atoms with Crippen molar-refractivity contribution in [2.75, 3.05) is 18.5 Å². The zero-order valence-electron chi connectivity index (χ0n) is 14.3. The monoisotopic (exact) mass is 384 g/mol. The van der Waals surface area contributed by atoms with Gasteiger partial charge < -0.3 is 20.1 Å². The second kappa shape index (κ2) is 7.67. The average Bonchev–Trinajstić information content (AvgIpc) is 3.10. The predicted molar refractivity (Wildman–Crippen MR) is 102 cm³/mol. The van der Waals surface area contributed by atoms with Gasteiger partial charge in [0.2, 0.25) is 5.28 Å². The number of fused-ring (bicyclic) bond motifs is 1. The zero-order valence-corrected chi connectivity index (χ0v) is 15.1. The lowest BCUT2D eigenvalue weighted by Gasteiger charge is -2.14. The van der Waals surface area contributed by atoms with E-state index in [1.165, 1.54) is 0 Å². The molecule has 1 aliphatic heterocycles. The Kier molecular flexibility index (Phi) is 4.93. The summed E-state index contributed by atoms with van der Waals surface area (Å²) in [5.41, 5.74) is 1.73. The smallest absolute Gasteiger partial charge is 0.407 e. The summed E-state index contributed by atoms with van der Waals surface area (Å²) in [6.45, 7) is 1.26. The zero-order chi connectivity index (χ0) is 18.6. The molecule has 1 amide bonds. The molecule has 1 atom stereocenters. The molecule has 4 rings (SSSR count). The second-order valence-corrected chi connectivity index (χ2v) is 6.39. The van der Waals surface area contributed by atoms with Crippen molar-refractivity contribution in [1.82, 2.24) is 15.3 Å². The van der Waals surface area contributed by atoms with Gasteiger partial charge in [0.15, 0.2) is 6.10 Å². The number of carbonyl (C=O) groups excluding carboxylic acids is 1. The van der Waals surface area contributed by atoms with Crippen LogP contribution in [0.25, 0.3) is 10.9 Å². The molecule has 2 aromatic carbocycles. The van der Waals surface area contributed by atoms with E-state index in [2.05, 4.69) is 20.6 Å². The molecule has 1 aliphatic rings. The van der Waals surface area contributed by atoms with Crippen LogP contribution in [0.2, 0.25) is 5.28 Å². The molecular formula is C19H17ClN4O3. The highest BCUT2D eigenvalue weighted by Gasteiger charge is 2.23. The summed E-state index contributed by atoms with van der Waals surface area (Å²) in [7, 11) is 0. The molecule has 7 nitrogen and oxygen atoms in total. The van der Waals surface area contributed by atoms with E-state index in [0.29, 0.717) is 30.2 Å². The summed E-state index contributed by atoms with van der Waals surface area (Å²) in [6.07, 6.45) is -0.764. The van der Waals surface area contributed by atoms with Crippen molar-refractivity contribution in [1.29, 1.82) is 0 Å². The van der Waals surface area contributed by atoms with Gasteiger partial charge in [0, 0.05) is 11.9 Å². The number of carbonyl (C=O) groups is 1. The van der Waals surface area contributed by atoms with Gasteiger partial charge in [0.25, 0.3) is 0 Å². The van der Waals surface area contributed by atoms with Crippen LogP contribution in [0, 0.1) is 0 Å². The third-order valence-corrected chi connectivity index (χ3v) is 4.31. The molecule has 0 radical (unpaired) electrons. The molecule has 0 saturated carbocycles. The third-order valence-electron chi connectivity index (χ3n) is 4.14. The normalized spacial score (nSPS) is 16.0. The number of para-hydroxylation sites is 1. The van der Waals surface area contributed by atoms with E-state index in [0.717, 1.165) is 10.9 Å². The number of ether oxygens (including phenoxy) is 2. The second-order valence-electron chi connectivity index (χ2n) is 6.05. The Morgan fingerprint density at radius 1 is 1.19 bits per heavy atom. The largest absolute Gasteiger partial charge is 0.487 e. The molecule has 2 heterocycles. The fourth-order valence-electron chi connectivity index (χ4n) is 2.84. The molecule has 2 N–H and O–H groups in total. The number of cyclic esters (lactones) is 1. The van der Waals surface area contributed by atoms with Crippen LogP contribution in [0.15, 0.2) is 48.5 Å². The molecule has 0 aliphatic carbocycles. The molecule has 3 aromatic rings.